The lowest BCUT2D eigenvalue weighted by molar-refractivity contribution is 0.0601. The summed E-state index contributed by atoms with van der Waals surface area (Å²) in [6.45, 7) is 3.61. The first-order valence-corrected chi connectivity index (χ1v) is 8.98. The molecule has 3 aromatic rings. The molecule has 1 N–H and O–H groups in total. The molecule has 0 amide bonds. The standard InChI is InChI=1S/C20H20N5O2P/c1-21-17-12-22-20(23-14-7-4-6-13(10-14)19(26)27-3)24-18(17)25(2)15-8-5-9-16(28)11-15/h4-12H,1,28H2,2-3H3,(H,22,23,24). The number of aromatic nitrogens is 2. The Kier molecular flexibility index (Phi) is 5.96. The summed E-state index contributed by atoms with van der Waals surface area (Å²) in [5.74, 6) is 0.569. The minimum Gasteiger partial charge on any atom is -0.465 e. The fourth-order valence-electron chi connectivity index (χ4n) is 2.61. The summed E-state index contributed by atoms with van der Waals surface area (Å²) in [4.78, 5) is 26.5. The number of nitrogens with one attached hydrogen (secondary N) is 1. The van der Waals surface area contributed by atoms with E-state index in [1.807, 2.05) is 42.3 Å². The highest BCUT2D eigenvalue weighted by Crippen LogP contribution is 2.31. The molecule has 0 saturated carbocycles. The van der Waals surface area contributed by atoms with Crippen LogP contribution in [-0.4, -0.2) is 36.8 Å². The Morgan fingerprint density at radius 3 is 2.75 bits per heavy atom. The molecule has 28 heavy (non-hydrogen) atoms. The van der Waals surface area contributed by atoms with E-state index in [4.69, 9.17) is 4.74 Å². The van der Waals surface area contributed by atoms with Gasteiger partial charge in [-0.05, 0) is 42.4 Å². The van der Waals surface area contributed by atoms with Gasteiger partial charge in [-0.1, -0.05) is 18.2 Å². The topological polar surface area (TPSA) is 79.7 Å². The molecule has 0 aliphatic heterocycles. The van der Waals surface area contributed by atoms with Gasteiger partial charge in [0.2, 0.25) is 5.95 Å². The zero-order chi connectivity index (χ0) is 20.1. The number of ether oxygens (including phenoxy) is 1. The van der Waals surface area contributed by atoms with Gasteiger partial charge in [-0.15, -0.1) is 9.24 Å². The van der Waals surface area contributed by atoms with Crippen molar-refractivity contribution in [3.63, 3.8) is 0 Å². The maximum atomic E-state index is 11.7. The zero-order valence-electron chi connectivity index (χ0n) is 15.6. The third kappa shape index (κ3) is 4.32. The quantitative estimate of drug-likeness (QED) is 0.392. The van der Waals surface area contributed by atoms with Crippen molar-refractivity contribution in [1.82, 2.24) is 9.97 Å². The molecule has 3 rings (SSSR count). The van der Waals surface area contributed by atoms with Crippen molar-refractivity contribution in [1.29, 1.82) is 0 Å². The highest BCUT2D eigenvalue weighted by atomic mass is 31.0. The number of hydrogen-bond donors (Lipinski definition) is 1. The lowest BCUT2D eigenvalue weighted by Crippen LogP contribution is -2.14. The molecule has 1 unspecified atom stereocenters. The van der Waals surface area contributed by atoms with E-state index in [-0.39, 0.29) is 0 Å². The second-order valence-corrected chi connectivity index (χ2v) is 6.58. The number of aliphatic imine (C=N–C) groups is 1. The predicted octanol–water partition coefficient (Wildman–Crippen LogP) is 3.61. The lowest BCUT2D eigenvalue weighted by atomic mass is 10.2. The number of nitrogens with zero attached hydrogens (tertiary/aromatic N) is 4. The average molecular weight is 393 g/mol. The number of benzene rings is 2. The largest absolute Gasteiger partial charge is 0.465 e. The smallest absolute Gasteiger partial charge is 0.337 e. The number of rotatable bonds is 6. The fourth-order valence-corrected chi connectivity index (χ4v) is 2.89. The van der Waals surface area contributed by atoms with Gasteiger partial charge < -0.3 is 15.0 Å². The Hall–Kier alpha value is -3.31. The van der Waals surface area contributed by atoms with E-state index in [1.54, 1.807) is 24.4 Å². The molecule has 0 spiro atoms. The van der Waals surface area contributed by atoms with Gasteiger partial charge in [-0.3, -0.25) is 4.99 Å². The summed E-state index contributed by atoms with van der Waals surface area (Å²) in [6, 6.07) is 14.9. The second-order valence-electron chi connectivity index (χ2n) is 5.91. The van der Waals surface area contributed by atoms with Gasteiger partial charge in [0.15, 0.2) is 5.82 Å². The van der Waals surface area contributed by atoms with Crippen molar-refractivity contribution in [2.24, 2.45) is 4.99 Å². The molecule has 7 nitrogen and oxygen atoms in total. The normalized spacial score (nSPS) is 10.2. The van der Waals surface area contributed by atoms with E-state index < -0.39 is 5.97 Å². The van der Waals surface area contributed by atoms with Gasteiger partial charge >= 0.3 is 5.97 Å². The van der Waals surface area contributed by atoms with E-state index in [9.17, 15) is 4.79 Å². The monoisotopic (exact) mass is 393 g/mol. The van der Waals surface area contributed by atoms with Crippen LogP contribution in [0.1, 0.15) is 10.4 Å². The Morgan fingerprint density at radius 1 is 1.25 bits per heavy atom. The summed E-state index contributed by atoms with van der Waals surface area (Å²) in [5, 5.41) is 4.17. The molecule has 0 bridgehead atoms. The van der Waals surface area contributed by atoms with Gasteiger partial charge in [0.1, 0.15) is 5.69 Å². The van der Waals surface area contributed by atoms with Crippen molar-refractivity contribution in [2.45, 2.75) is 0 Å². The van der Waals surface area contributed by atoms with E-state index in [1.165, 1.54) is 7.11 Å². The van der Waals surface area contributed by atoms with Crippen LogP contribution in [0, 0.1) is 0 Å². The molecule has 1 heterocycles. The Labute approximate surface area is 165 Å². The highest BCUT2D eigenvalue weighted by Gasteiger charge is 2.14. The maximum Gasteiger partial charge on any atom is 0.337 e. The van der Waals surface area contributed by atoms with Crippen molar-refractivity contribution < 1.29 is 9.53 Å². The van der Waals surface area contributed by atoms with Crippen molar-refractivity contribution in [2.75, 3.05) is 24.4 Å². The number of esters is 1. The Balaban J connectivity index is 1.93. The average Bonchev–Trinajstić information content (AvgIpc) is 2.72. The van der Waals surface area contributed by atoms with Gasteiger partial charge in [0, 0.05) is 18.4 Å². The highest BCUT2D eigenvalue weighted by molar-refractivity contribution is 7.27. The van der Waals surface area contributed by atoms with Crippen LogP contribution in [0.3, 0.4) is 0 Å². The summed E-state index contributed by atoms with van der Waals surface area (Å²) in [7, 11) is 5.92. The van der Waals surface area contributed by atoms with Crippen LogP contribution < -0.4 is 15.5 Å². The van der Waals surface area contributed by atoms with Crippen LogP contribution in [0.15, 0.2) is 59.7 Å². The van der Waals surface area contributed by atoms with Crippen LogP contribution in [-0.2, 0) is 4.74 Å². The number of anilines is 4. The van der Waals surface area contributed by atoms with Gasteiger partial charge in [-0.25, -0.2) is 9.78 Å². The summed E-state index contributed by atoms with van der Waals surface area (Å²) in [5.41, 5.74) is 2.62. The van der Waals surface area contributed by atoms with Crippen molar-refractivity contribution >= 4 is 56.1 Å². The number of methoxy groups -OCH3 is 1. The maximum absolute atomic E-state index is 11.7. The van der Waals surface area contributed by atoms with E-state index in [2.05, 4.69) is 36.2 Å². The minimum atomic E-state index is -0.409. The minimum absolute atomic E-state index is 0.373. The molecule has 8 heteroatoms. The number of hydrogen-bond acceptors (Lipinski definition) is 7. The number of carbonyl (C=O) groups is 1. The van der Waals surface area contributed by atoms with Crippen LogP contribution >= 0.6 is 9.24 Å². The van der Waals surface area contributed by atoms with Gasteiger partial charge in [-0.2, -0.15) is 4.98 Å². The van der Waals surface area contributed by atoms with E-state index in [0.29, 0.717) is 28.7 Å². The van der Waals surface area contributed by atoms with Gasteiger partial charge in [0.05, 0.1) is 18.9 Å². The van der Waals surface area contributed by atoms with Crippen molar-refractivity contribution in [3.8, 4) is 0 Å². The van der Waals surface area contributed by atoms with Crippen LogP contribution in [0.5, 0.6) is 0 Å². The Morgan fingerprint density at radius 2 is 2.04 bits per heavy atom. The molecular formula is C20H20N5O2P. The summed E-state index contributed by atoms with van der Waals surface area (Å²) in [6.07, 6.45) is 1.60. The molecule has 1 aromatic heterocycles. The van der Waals surface area contributed by atoms with E-state index >= 15 is 0 Å². The summed E-state index contributed by atoms with van der Waals surface area (Å²) < 4.78 is 4.76. The Bertz CT molecular complexity index is 1020. The van der Waals surface area contributed by atoms with Crippen LogP contribution in [0.2, 0.25) is 0 Å². The lowest BCUT2D eigenvalue weighted by Gasteiger charge is -2.20. The molecule has 1 atom stereocenters. The molecule has 0 radical (unpaired) electrons. The second kappa shape index (κ2) is 8.59. The summed E-state index contributed by atoms with van der Waals surface area (Å²) >= 11 is 0. The predicted molar refractivity (Wildman–Crippen MR) is 116 cm³/mol. The molecule has 142 valence electrons. The van der Waals surface area contributed by atoms with Crippen LogP contribution in [0.25, 0.3) is 0 Å². The first kappa shape index (κ1) is 19.5. The van der Waals surface area contributed by atoms with E-state index in [0.717, 1.165) is 11.0 Å². The molecule has 0 aliphatic rings. The molecule has 0 aliphatic carbocycles. The molecule has 0 saturated heterocycles. The molecular weight excluding hydrogens is 373 g/mol. The first-order valence-electron chi connectivity index (χ1n) is 8.40. The SMILES string of the molecule is C=Nc1cnc(Nc2cccc(C(=O)OC)c2)nc1N(C)c1cccc(P)c1. The van der Waals surface area contributed by atoms with Crippen molar-refractivity contribution in [3.05, 3.63) is 60.3 Å². The third-order valence-corrected chi connectivity index (χ3v) is 4.39. The van der Waals surface area contributed by atoms with Crippen LogP contribution in [0.4, 0.5) is 28.8 Å². The first-order chi connectivity index (χ1) is 13.5. The molecule has 2 aromatic carbocycles. The molecule has 0 fully saturated rings. The third-order valence-electron chi connectivity index (χ3n) is 4.04. The number of carbonyl (C=O) groups excluding carboxylic acids is 1. The van der Waals surface area contributed by atoms with Gasteiger partial charge in [0.25, 0.3) is 0 Å². The zero-order valence-corrected chi connectivity index (χ0v) is 16.7. The fraction of sp³-hybridized carbons (Fsp3) is 0.100.